The van der Waals surface area contributed by atoms with Crippen LogP contribution in [0, 0.1) is 36.0 Å². The predicted molar refractivity (Wildman–Crippen MR) is 71.4 cm³/mol. The molecule has 0 spiro atoms. The maximum Gasteiger partial charge on any atom is 0.161 e. The van der Waals surface area contributed by atoms with Crippen molar-refractivity contribution >= 4 is 5.78 Å². The van der Waals surface area contributed by atoms with Gasteiger partial charge in [0.25, 0.3) is 0 Å². The molecule has 0 unspecified atom stereocenters. The second-order valence-corrected chi connectivity index (χ2v) is 6.18. The van der Waals surface area contributed by atoms with E-state index in [0.717, 1.165) is 17.0 Å². The van der Waals surface area contributed by atoms with Crippen LogP contribution in [-0.4, -0.2) is 10.8 Å². The van der Waals surface area contributed by atoms with Crippen LogP contribution < -0.4 is 0 Å². The van der Waals surface area contributed by atoms with E-state index < -0.39 is 5.41 Å². The lowest BCUT2D eigenvalue weighted by Gasteiger charge is -2.46. The molecule has 2 aliphatic rings. The van der Waals surface area contributed by atoms with E-state index in [1.807, 2.05) is 19.1 Å². The van der Waals surface area contributed by atoms with E-state index in [1.54, 1.807) is 0 Å². The molecule has 0 aromatic carbocycles. The van der Waals surface area contributed by atoms with Crippen molar-refractivity contribution in [3.8, 4) is 6.07 Å². The Morgan fingerprint density at radius 1 is 1.42 bits per heavy atom. The van der Waals surface area contributed by atoms with Crippen LogP contribution in [0.15, 0.2) is 12.1 Å². The standard InChI is InChI=1S/C16H18N2O/c1-9-7-16(8-17)13-5-4-10(2)18-14(13)6-12(11(9)3)15(16)19/h4-5,9,11-12H,6-7H2,1-3H3/t9-,11-,12+,16-/m0/s1. The van der Waals surface area contributed by atoms with Gasteiger partial charge in [0.2, 0.25) is 0 Å². The molecule has 1 aromatic rings. The van der Waals surface area contributed by atoms with Gasteiger partial charge in [-0.1, -0.05) is 19.9 Å². The number of Topliss-reactive ketones (excluding diaryl/α,β-unsaturated/α-hetero) is 1. The molecule has 0 radical (unpaired) electrons. The molecule has 2 aliphatic carbocycles. The van der Waals surface area contributed by atoms with Gasteiger partial charge in [0.15, 0.2) is 5.78 Å². The van der Waals surface area contributed by atoms with Gasteiger partial charge in [0.1, 0.15) is 5.41 Å². The first-order valence-electron chi connectivity index (χ1n) is 6.92. The average molecular weight is 254 g/mol. The molecule has 3 rings (SSSR count). The van der Waals surface area contributed by atoms with E-state index in [-0.39, 0.29) is 11.7 Å². The number of carbonyl (C=O) groups is 1. The number of fused-ring (bicyclic) bond motifs is 4. The first-order valence-corrected chi connectivity index (χ1v) is 6.92. The molecule has 0 N–H and O–H groups in total. The molecule has 4 atom stereocenters. The molecule has 1 saturated carbocycles. The molecule has 1 fully saturated rings. The van der Waals surface area contributed by atoms with Gasteiger partial charge < -0.3 is 0 Å². The van der Waals surface area contributed by atoms with Crippen LogP contribution in [0.3, 0.4) is 0 Å². The Balaban J connectivity index is 2.25. The zero-order valence-electron chi connectivity index (χ0n) is 11.6. The second kappa shape index (κ2) is 3.90. The van der Waals surface area contributed by atoms with Crippen molar-refractivity contribution < 1.29 is 4.79 Å². The molecular formula is C16H18N2O. The van der Waals surface area contributed by atoms with Crippen molar-refractivity contribution in [2.45, 2.75) is 39.0 Å². The maximum absolute atomic E-state index is 12.7. The van der Waals surface area contributed by atoms with Gasteiger partial charge in [0.05, 0.1) is 6.07 Å². The number of pyridine rings is 1. The fourth-order valence-electron chi connectivity index (χ4n) is 3.77. The summed E-state index contributed by atoms with van der Waals surface area (Å²) >= 11 is 0. The highest BCUT2D eigenvalue weighted by Crippen LogP contribution is 2.49. The molecule has 1 heterocycles. The van der Waals surface area contributed by atoms with Crippen LogP contribution in [0.1, 0.15) is 37.2 Å². The first kappa shape index (κ1) is 12.3. The Morgan fingerprint density at radius 2 is 2.16 bits per heavy atom. The summed E-state index contributed by atoms with van der Waals surface area (Å²) in [6.45, 7) is 6.25. The van der Waals surface area contributed by atoms with E-state index in [2.05, 4.69) is 24.9 Å². The van der Waals surface area contributed by atoms with Crippen LogP contribution in [0.2, 0.25) is 0 Å². The lowest BCUT2D eigenvalue weighted by Crippen LogP contribution is -2.53. The van der Waals surface area contributed by atoms with Crippen molar-refractivity contribution in [2.24, 2.45) is 17.8 Å². The zero-order valence-corrected chi connectivity index (χ0v) is 11.6. The minimum absolute atomic E-state index is 0.0369. The summed E-state index contributed by atoms with van der Waals surface area (Å²) in [5, 5.41) is 9.69. The van der Waals surface area contributed by atoms with Gasteiger partial charge >= 0.3 is 0 Å². The third kappa shape index (κ3) is 1.49. The highest BCUT2D eigenvalue weighted by atomic mass is 16.1. The lowest BCUT2D eigenvalue weighted by atomic mass is 9.54. The van der Waals surface area contributed by atoms with Gasteiger partial charge in [-0.3, -0.25) is 9.78 Å². The topological polar surface area (TPSA) is 53.8 Å². The molecule has 0 amide bonds. The van der Waals surface area contributed by atoms with Crippen molar-refractivity contribution in [3.63, 3.8) is 0 Å². The van der Waals surface area contributed by atoms with Crippen molar-refractivity contribution in [1.29, 1.82) is 5.26 Å². The number of rotatable bonds is 0. The van der Waals surface area contributed by atoms with E-state index in [9.17, 15) is 10.1 Å². The van der Waals surface area contributed by atoms with Crippen molar-refractivity contribution in [3.05, 3.63) is 29.1 Å². The van der Waals surface area contributed by atoms with Gasteiger partial charge in [-0.2, -0.15) is 5.26 Å². The van der Waals surface area contributed by atoms with Crippen LogP contribution in [-0.2, 0) is 16.6 Å². The number of ketones is 1. The molecule has 3 heteroatoms. The molecule has 3 nitrogen and oxygen atoms in total. The van der Waals surface area contributed by atoms with Crippen LogP contribution in [0.25, 0.3) is 0 Å². The Bertz CT molecular complexity index is 601. The number of nitriles is 1. The van der Waals surface area contributed by atoms with Crippen molar-refractivity contribution in [2.75, 3.05) is 0 Å². The summed E-state index contributed by atoms with van der Waals surface area (Å²) < 4.78 is 0. The monoisotopic (exact) mass is 254 g/mol. The Labute approximate surface area is 113 Å². The molecule has 0 aliphatic heterocycles. The van der Waals surface area contributed by atoms with E-state index in [0.29, 0.717) is 24.7 Å². The van der Waals surface area contributed by atoms with Crippen LogP contribution >= 0.6 is 0 Å². The number of aryl methyl sites for hydroxylation is 1. The molecule has 19 heavy (non-hydrogen) atoms. The molecular weight excluding hydrogens is 236 g/mol. The summed E-state index contributed by atoms with van der Waals surface area (Å²) in [5.41, 5.74) is 1.84. The Morgan fingerprint density at radius 3 is 2.84 bits per heavy atom. The van der Waals surface area contributed by atoms with Gasteiger partial charge in [-0.05, 0) is 31.2 Å². The third-order valence-corrected chi connectivity index (χ3v) is 5.10. The SMILES string of the molecule is Cc1ccc2c(n1)C[C@H]1C(=O)[C@]2(C#N)C[C@H](C)[C@@H]1C. The van der Waals surface area contributed by atoms with Crippen molar-refractivity contribution in [1.82, 2.24) is 4.98 Å². The summed E-state index contributed by atoms with van der Waals surface area (Å²) in [5.74, 6) is 0.824. The average Bonchev–Trinajstić information content (AvgIpc) is 2.39. The predicted octanol–water partition coefficient (Wildman–Crippen LogP) is 2.57. The fourth-order valence-corrected chi connectivity index (χ4v) is 3.77. The minimum Gasteiger partial charge on any atom is -0.297 e. The number of carbonyl (C=O) groups excluding carboxylic acids is 1. The van der Waals surface area contributed by atoms with E-state index in [1.165, 1.54) is 0 Å². The third-order valence-electron chi connectivity index (χ3n) is 5.10. The normalized spacial score (nSPS) is 36.5. The lowest BCUT2D eigenvalue weighted by molar-refractivity contribution is -0.134. The van der Waals surface area contributed by atoms with Crippen LogP contribution in [0.5, 0.6) is 0 Å². The van der Waals surface area contributed by atoms with Gasteiger partial charge in [-0.15, -0.1) is 0 Å². The van der Waals surface area contributed by atoms with E-state index >= 15 is 0 Å². The Hall–Kier alpha value is -1.69. The molecule has 0 saturated heterocycles. The highest BCUT2D eigenvalue weighted by Gasteiger charge is 2.55. The number of hydrogen-bond acceptors (Lipinski definition) is 3. The zero-order chi connectivity index (χ0) is 13.8. The summed E-state index contributed by atoms with van der Waals surface area (Å²) in [6.07, 6.45) is 1.34. The molecule has 2 bridgehead atoms. The largest absolute Gasteiger partial charge is 0.297 e. The van der Waals surface area contributed by atoms with Gasteiger partial charge in [0, 0.05) is 29.3 Å². The smallest absolute Gasteiger partial charge is 0.161 e. The minimum atomic E-state index is -0.940. The second-order valence-electron chi connectivity index (χ2n) is 6.18. The first-order chi connectivity index (χ1) is 8.99. The maximum atomic E-state index is 12.7. The van der Waals surface area contributed by atoms with Gasteiger partial charge in [-0.25, -0.2) is 0 Å². The fraction of sp³-hybridized carbons (Fsp3) is 0.562. The quantitative estimate of drug-likeness (QED) is 0.715. The van der Waals surface area contributed by atoms with Crippen LogP contribution in [0.4, 0.5) is 0 Å². The Kier molecular flexibility index (Phi) is 2.53. The summed E-state index contributed by atoms with van der Waals surface area (Å²) in [6, 6.07) is 6.19. The number of aromatic nitrogens is 1. The highest BCUT2D eigenvalue weighted by molar-refractivity contribution is 5.97. The summed E-state index contributed by atoms with van der Waals surface area (Å²) in [7, 11) is 0. The van der Waals surface area contributed by atoms with E-state index in [4.69, 9.17) is 0 Å². The number of nitrogens with zero attached hydrogens (tertiary/aromatic N) is 2. The molecule has 1 aromatic heterocycles. The number of hydrogen-bond donors (Lipinski definition) is 0. The summed E-state index contributed by atoms with van der Waals surface area (Å²) in [4.78, 5) is 17.3. The molecule has 98 valence electrons.